The molecule has 5 aliphatic rings. The van der Waals surface area contributed by atoms with Crippen molar-refractivity contribution in [1.29, 1.82) is 0 Å². The molecule has 1 heteroatoms. The zero-order chi connectivity index (χ0) is 36.7. The summed E-state index contributed by atoms with van der Waals surface area (Å²) in [6, 6.07) is 49.6. The lowest BCUT2D eigenvalue weighted by Crippen LogP contribution is -2.49. The van der Waals surface area contributed by atoms with Gasteiger partial charge in [0.25, 0.3) is 0 Å². The molecule has 2 saturated carbocycles. The van der Waals surface area contributed by atoms with Crippen molar-refractivity contribution >= 4 is 17.1 Å². The predicted molar refractivity (Wildman–Crippen MR) is 226 cm³/mol. The van der Waals surface area contributed by atoms with Crippen molar-refractivity contribution < 1.29 is 0 Å². The number of fused-ring (bicyclic) bond motifs is 14. The quantitative estimate of drug-likeness (QED) is 0.178. The van der Waals surface area contributed by atoms with Gasteiger partial charge in [-0.3, -0.25) is 0 Å². The highest BCUT2D eigenvalue weighted by Gasteiger charge is 2.56. The number of hydrogen-bond acceptors (Lipinski definition) is 1. The summed E-state index contributed by atoms with van der Waals surface area (Å²) in [4.78, 5) is 2.57. The first kappa shape index (κ1) is 32.5. The van der Waals surface area contributed by atoms with Gasteiger partial charge in [-0.2, -0.15) is 0 Å². The highest BCUT2D eigenvalue weighted by molar-refractivity contribution is 5.91. The first-order chi connectivity index (χ1) is 26.1. The summed E-state index contributed by atoms with van der Waals surface area (Å²) in [5, 5.41) is 0. The lowest BCUT2D eigenvalue weighted by atomic mass is 9.49. The third-order valence-corrected chi connectivity index (χ3v) is 15.2. The Morgan fingerprint density at radius 2 is 0.889 bits per heavy atom. The fraction of sp³-hybridized carbons (Fsp3) is 0.321. The minimum Gasteiger partial charge on any atom is -0.310 e. The average Bonchev–Trinajstić information content (AvgIpc) is 3.69. The molecule has 0 heterocycles. The molecule has 0 saturated heterocycles. The average molecular weight is 702 g/mol. The summed E-state index contributed by atoms with van der Waals surface area (Å²) < 4.78 is 0. The molecule has 2 bridgehead atoms. The van der Waals surface area contributed by atoms with E-state index < -0.39 is 0 Å². The first-order valence-electron chi connectivity index (χ1n) is 20.6. The van der Waals surface area contributed by atoms with E-state index in [0.29, 0.717) is 11.8 Å². The molecule has 11 rings (SSSR count). The summed E-state index contributed by atoms with van der Waals surface area (Å²) in [5.74, 6) is 2.99. The van der Waals surface area contributed by atoms with Crippen LogP contribution in [0.2, 0.25) is 0 Å². The molecule has 0 aliphatic heterocycles. The summed E-state index contributed by atoms with van der Waals surface area (Å²) in [6.45, 7) is 14.7. The van der Waals surface area contributed by atoms with Gasteiger partial charge in [-0.1, -0.05) is 133 Å². The Kier molecular flexibility index (Phi) is 6.69. The lowest BCUT2D eigenvalue weighted by molar-refractivity contribution is 0.0426. The fourth-order valence-electron chi connectivity index (χ4n) is 13.0. The van der Waals surface area contributed by atoms with Crippen LogP contribution in [0.25, 0.3) is 33.4 Å². The number of anilines is 3. The minimum atomic E-state index is -0.0788. The van der Waals surface area contributed by atoms with Crippen molar-refractivity contribution in [3.63, 3.8) is 0 Å². The van der Waals surface area contributed by atoms with E-state index >= 15 is 0 Å². The van der Waals surface area contributed by atoms with Crippen LogP contribution in [-0.2, 0) is 16.2 Å². The van der Waals surface area contributed by atoms with Crippen LogP contribution in [0.3, 0.4) is 0 Å². The lowest BCUT2D eigenvalue weighted by Gasteiger charge is -2.54. The van der Waals surface area contributed by atoms with Crippen molar-refractivity contribution in [3.05, 3.63) is 161 Å². The maximum Gasteiger partial charge on any atom is 0.0468 e. The SMILES string of the molecule is CC1CC2CC(C)C3(c4ccccc4-c4cc(N(c5ccc6c(c5)C(C)(C)c5ccccc5-6)c5ccc6c(c5)C(C)(C)c5ccccc5-6)ccc43)C(C1)C2. The van der Waals surface area contributed by atoms with Gasteiger partial charge in [-0.25, -0.2) is 0 Å². The van der Waals surface area contributed by atoms with Crippen molar-refractivity contribution in [3.8, 4) is 33.4 Å². The van der Waals surface area contributed by atoms with Crippen LogP contribution in [0.5, 0.6) is 0 Å². The second-order valence-electron chi connectivity index (χ2n) is 18.8. The Morgan fingerprint density at radius 1 is 0.426 bits per heavy atom. The van der Waals surface area contributed by atoms with Gasteiger partial charge in [0.2, 0.25) is 0 Å². The molecule has 0 radical (unpaired) electrons. The Hall–Kier alpha value is -4.88. The maximum absolute atomic E-state index is 2.58. The molecule has 0 N–H and O–H groups in total. The van der Waals surface area contributed by atoms with Gasteiger partial charge in [0.15, 0.2) is 0 Å². The van der Waals surface area contributed by atoms with Gasteiger partial charge in [0.1, 0.15) is 0 Å². The number of nitrogens with zero attached hydrogens (tertiary/aromatic N) is 1. The number of rotatable bonds is 3. The highest BCUT2D eigenvalue weighted by atomic mass is 15.1. The van der Waals surface area contributed by atoms with E-state index in [1.54, 1.807) is 11.1 Å². The second-order valence-corrected chi connectivity index (χ2v) is 18.8. The molecule has 6 aromatic rings. The zero-order valence-electron chi connectivity index (χ0n) is 32.7. The molecule has 5 atom stereocenters. The van der Waals surface area contributed by atoms with Gasteiger partial charge in [0.05, 0.1) is 0 Å². The van der Waals surface area contributed by atoms with Crippen LogP contribution < -0.4 is 4.90 Å². The predicted octanol–water partition coefficient (Wildman–Crippen LogP) is 14.1. The van der Waals surface area contributed by atoms with Crippen LogP contribution >= 0.6 is 0 Å². The van der Waals surface area contributed by atoms with Crippen molar-refractivity contribution in [2.45, 2.75) is 83.5 Å². The van der Waals surface area contributed by atoms with Crippen LogP contribution in [0.1, 0.15) is 101 Å². The molecule has 5 aliphatic carbocycles. The molecular weight excluding hydrogens is 651 g/mol. The van der Waals surface area contributed by atoms with Gasteiger partial charge in [-0.05, 0) is 153 Å². The summed E-state index contributed by atoms with van der Waals surface area (Å²) in [7, 11) is 0. The molecule has 5 unspecified atom stereocenters. The standard InChI is InChI=1S/C53H51N/c1-32-25-34-27-33(2)53(35(26-32)28-34)47-18-12-9-15-41(47)44-29-36(21-24-48(44)53)54(37-19-22-42-39-13-7-10-16-45(39)51(3,4)49(42)30-37)38-20-23-43-40-14-8-11-17-46(40)52(5,6)50(43)31-38/h7-24,29-35H,25-28H2,1-6H3. The summed E-state index contributed by atoms with van der Waals surface area (Å²) in [5.41, 5.74) is 20.8. The van der Waals surface area contributed by atoms with E-state index in [4.69, 9.17) is 0 Å². The molecular formula is C53H51N. The number of benzene rings is 6. The van der Waals surface area contributed by atoms with Crippen molar-refractivity contribution in [2.24, 2.45) is 23.7 Å². The molecule has 54 heavy (non-hydrogen) atoms. The van der Waals surface area contributed by atoms with Crippen molar-refractivity contribution in [2.75, 3.05) is 4.90 Å². The molecule has 0 aromatic heterocycles. The Balaban J connectivity index is 1.12. The van der Waals surface area contributed by atoms with E-state index in [9.17, 15) is 0 Å². The van der Waals surface area contributed by atoms with E-state index in [1.165, 1.54) is 98.4 Å². The van der Waals surface area contributed by atoms with Crippen LogP contribution in [0.15, 0.2) is 127 Å². The summed E-state index contributed by atoms with van der Waals surface area (Å²) in [6.07, 6.45) is 5.45. The van der Waals surface area contributed by atoms with Gasteiger partial charge in [0, 0.05) is 33.3 Å². The molecule has 268 valence electrons. The molecule has 1 spiro atoms. The van der Waals surface area contributed by atoms with Crippen LogP contribution in [0.4, 0.5) is 17.1 Å². The second kappa shape index (κ2) is 11.1. The Bertz CT molecular complexity index is 2420. The zero-order valence-corrected chi connectivity index (χ0v) is 32.7. The highest BCUT2D eigenvalue weighted by Crippen LogP contribution is 2.65. The number of hydrogen-bond donors (Lipinski definition) is 0. The Morgan fingerprint density at radius 3 is 1.48 bits per heavy atom. The van der Waals surface area contributed by atoms with Crippen molar-refractivity contribution in [1.82, 2.24) is 0 Å². The molecule has 1 nitrogen and oxygen atoms in total. The third kappa shape index (κ3) is 4.17. The smallest absolute Gasteiger partial charge is 0.0468 e. The minimum absolute atomic E-state index is 0.0788. The summed E-state index contributed by atoms with van der Waals surface area (Å²) >= 11 is 0. The van der Waals surface area contributed by atoms with Gasteiger partial charge >= 0.3 is 0 Å². The monoisotopic (exact) mass is 701 g/mol. The molecule has 2 fully saturated rings. The van der Waals surface area contributed by atoms with Crippen LogP contribution in [-0.4, -0.2) is 0 Å². The maximum atomic E-state index is 2.58. The molecule has 6 aromatic carbocycles. The first-order valence-corrected chi connectivity index (χ1v) is 20.6. The van der Waals surface area contributed by atoms with Crippen LogP contribution in [0, 0.1) is 23.7 Å². The van der Waals surface area contributed by atoms with E-state index in [2.05, 4.69) is 174 Å². The molecule has 0 amide bonds. The largest absolute Gasteiger partial charge is 0.310 e. The third-order valence-electron chi connectivity index (χ3n) is 15.2. The fourth-order valence-corrected chi connectivity index (χ4v) is 13.0. The van der Waals surface area contributed by atoms with Gasteiger partial charge < -0.3 is 4.90 Å². The Labute approximate surface area is 322 Å². The topological polar surface area (TPSA) is 3.24 Å². The van der Waals surface area contributed by atoms with E-state index in [-0.39, 0.29) is 16.2 Å². The van der Waals surface area contributed by atoms with E-state index in [0.717, 1.165) is 11.8 Å². The van der Waals surface area contributed by atoms with E-state index in [1.807, 2.05) is 0 Å². The van der Waals surface area contributed by atoms with Gasteiger partial charge in [-0.15, -0.1) is 0 Å². The normalized spacial score (nSPS) is 25.7.